The molecule has 0 radical (unpaired) electrons. The number of rotatable bonds is 5. The standard InChI is InChI=1S/C15H25N3OS.HI/c1-4-16-14(17-10-13-12(2)6-9-20-13)18-11-15(3)7-5-8-19-15;/h6,9H,4-5,7-8,10-11H2,1-3H3,(H2,16,17,18);1H. The van der Waals surface area contributed by atoms with E-state index in [1.165, 1.54) is 10.4 Å². The molecular formula is C15H26IN3OS. The van der Waals surface area contributed by atoms with Crippen LogP contribution in [0.15, 0.2) is 16.4 Å². The molecule has 2 heterocycles. The van der Waals surface area contributed by atoms with Gasteiger partial charge in [0.25, 0.3) is 0 Å². The molecule has 0 saturated carbocycles. The number of thiophene rings is 1. The summed E-state index contributed by atoms with van der Waals surface area (Å²) in [6.07, 6.45) is 2.27. The Morgan fingerprint density at radius 3 is 2.86 bits per heavy atom. The molecule has 1 saturated heterocycles. The molecule has 120 valence electrons. The van der Waals surface area contributed by atoms with Gasteiger partial charge < -0.3 is 15.4 Å². The van der Waals surface area contributed by atoms with Crippen LogP contribution in [0.25, 0.3) is 0 Å². The van der Waals surface area contributed by atoms with Gasteiger partial charge in [-0.2, -0.15) is 0 Å². The zero-order valence-electron chi connectivity index (χ0n) is 13.1. The fraction of sp³-hybridized carbons (Fsp3) is 0.667. The SMILES string of the molecule is CCNC(=NCc1sccc1C)NCC1(C)CCCO1.I. The van der Waals surface area contributed by atoms with E-state index in [9.17, 15) is 0 Å². The van der Waals surface area contributed by atoms with Crippen LogP contribution >= 0.6 is 35.3 Å². The summed E-state index contributed by atoms with van der Waals surface area (Å²) >= 11 is 1.76. The first-order chi connectivity index (χ1) is 9.63. The predicted molar refractivity (Wildman–Crippen MR) is 101 cm³/mol. The minimum absolute atomic E-state index is 0. The summed E-state index contributed by atoms with van der Waals surface area (Å²) in [6, 6.07) is 2.14. The molecule has 21 heavy (non-hydrogen) atoms. The second-order valence-electron chi connectivity index (χ2n) is 5.48. The normalized spacial score (nSPS) is 22.0. The summed E-state index contributed by atoms with van der Waals surface area (Å²) in [4.78, 5) is 5.98. The number of nitrogens with zero attached hydrogens (tertiary/aromatic N) is 1. The van der Waals surface area contributed by atoms with Crippen molar-refractivity contribution in [2.24, 2.45) is 4.99 Å². The number of aliphatic imine (C=N–C) groups is 1. The van der Waals surface area contributed by atoms with Gasteiger partial charge >= 0.3 is 0 Å². The van der Waals surface area contributed by atoms with Crippen LogP contribution in [-0.2, 0) is 11.3 Å². The molecule has 0 bridgehead atoms. The molecule has 2 rings (SSSR count). The topological polar surface area (TPSA) is 45.7 Å². The number of guanidine groups is 1. The Labute approximate surface area is 148 Å². The number of halogens is 1. The average Bonchev–Trinajstić information content (AvgIpc) is 3.03. The van der Waals surface area contributed by atoms with E-state index in [1.807, 2.05) is 0 Å². The van der Waals surface area contributed by atoms with E-state index in [0.29, 0.717) is 0 Å². The zero-order valence-corrected chi connectivity index (χ0v) is 16.2. The van der Waals surface area contributed by atoms with Crippen molar-refractivity contribution in [2.75, 3.05) is 19.7 Å². The van der Waals surface area contributed by atoms with Crippen LogP contribution in [0.3, 0.4) is 0 Å². The highest BCUT2D eigenvalue weighted by Gasteiger charge is 2.29. The zero-order chi connectivity index (χ0) is 14.4. The predicted octanol–water partition coefficient (Wildman–Crippen LogP) is 3.30. The van der Waals surface area contributed by atoms with Crippen LogP contribution in [0.4, 0.5) is 0 Å². The average molecular weight is 423 g/mol. The maximum Gasteiger partial charge on any atom is 0.191 e. The van der Waals surface area contributed by atoms with Gasteiger partial charge in [-0.1, -0.05) is 0 Å². The summed E-state index contributed by atoms with van der Waals surface area (Å²) in [7, 11) is 0. The number of hydrogen-bond acceptors (Lipinski definition) is 3. The first-order valence-electron chi connectivity index (χ1n) is 7.32. The van der Waals surface area contributed by atoms with E-state index in [2.05, 4.69) is 47.8 Å². The van der Waals surface area contributed by atoms with Gasteiger partial charge in [-0.05, 0) is 50.6 Å². The third-order valence-corrected chi connectivity index (χ3v) is 4.63. The first-order valence-corrected chi connectivity index (χ1v) is 8.20. The second-order valence-corrected chi connectivity index (χ2v) is 6.48. The van der Waals surface area contributed by atoms with Crippen LogP contribution in [0.5, 0.6) is 0 Å². The Kier molecular flexibility index (Phi) is 7.97. The molecule has 0 amide bonds. The second kappa shape index (κ2) is 8.95. The van der Waals surface area contributed by atoms with Crippen molar-refractivity contribution in [1.82, 2.24) is 10.6 Å². The van der Waals surface area contributed by atoms with Crippen LogP contribution in [0, 0.1) is 6.92 Å². The van der Waals surface area contributed by atoms with Crippen LogP contribution in [0.2, 0.25) is 0 Å². The molecule has 1 aliphatic rings. The molecule has 4 nitrogen and oxygen atoms in total. The molecular weight excluding hydrogens is 397 g/mol. The monoisotopic (exact) mass is 423 g/mol. The van der Waals surface area contributed by atoms with Crippen LogP contribution in [0.1, 0.15) is 37.1 Å². The number of aryl methyl sites for hydroxylation is 1. The minimum Gasteiger partial charge on any atom is -0.373 e. The molecule has 1 atom stereocenters. The Morgan fingerprint density at radius 1 is 1.48 bits per heavy atom. The quantitative estimate of drug-likeness (QED) is 0.434. The third-order valence-electron chi connectivity index (χ3n) is 3.62. The molecule has 2 N–H and O–H groups in total. The maximum atomic E-state index is 5.80. The van der Waals surface area contributed by atoms with Gasteiger partial charge in [0.15, 0.2) is 5.96 Å². The van der Waals surface area contributed by atoms with E-state index in [-0.39, 0.29) is 29.6 Å². The first kappa shape index (κ1) is 18.7. The lowest BCUT2D eigenvalue weighted by Gasteiger charge is -2.24. The van der Waals surface area contributed by atoms with Crippen molar-refractivity contribution in [3.63, 3.8) is 0 Å². The van der Waals surface area contributed by atoms with Crippen molar-refractivity contribution in [1.29, 1.82) is 0 Å². The molecule has 1 aliphatic heterocycles. The molecule has 0 spiro atoms. The van der Waals surface area contributed by atoms with Gasteiger partial charge in [-0.3, -0.25) is 0 Å². The van der Waals surface area contributed by atoms with E-state index < -0.39 is 0 Å². The van der Waals surface area contributed by atoms with E-state index >= 15 is 0 Å². The van der Waals surface area contributed by atoms with Crippen LogP contribution in [-0.4, -0.2) is 31.3 Å². The lowest BCUT2D eigenvalue weighted by atomic mass is 10.0. The highest BCUT2D eigenvalue weighted by molar-refractivity contribution is 14.0. The van der Waals surface area contributed by atoms with E-state index in [4.69, 9.17) is 4.74 Å². The van der Waals surface area contributed by atoms with Crippen molar-refractivity contribution in [3.05, 3.63) is 21.9 Å². The summed E-state index contributed by atoms with van der Waals surface area (Å²) in [5.41, 5.74) is 1.27. The Balaban J connectivity index is 0.00000220. The Morgan fingerprint density at radius 2 is 2.29 bits per heavy atom. The number of hydrogen-bond donors (Lipinski definition) is 2. The lowest BCUT2D eigenvalue weighted by molar-refractivity contribution is 0.0243. The van der Waals surface area contributed by atoms with Crippen molar-refractivity contribution < 1.29 is 4.74 Å². The van der Waals surface area contributed by atoms with Crippen molar-refractivity contribution in [2.45, 2.75) is 45.8 Å². The fourth-order valence-corrected chi connectivity index (χ4v) is 3.14. The highest BCUT2D eigenvalue weighted by Crippen LogP contribution is 2.23. The van der Waals surface area contributed by atoms with Gasteiger partial charge in [-0.15, -0.1) is 35.3 Å². The van der Waals surface area contributed by atoms with Gasteiger partial charge in [0.05, 0.1) is 12.1 Å². The van der Waals surface area contributed by atoms with Gasteiger partial charge in [-0.25, -0.2) is 4.99 Å². The molecule has 1 fully saturated rings. The minimum atomic E-state index is -0.0466. The fourth-order valence-electron chi connectivity index (χ4n) is 2.31. The van der Waals surface area contributed by atoms with Crippen LogP contribution < -0.4 is 10.6 Å². The third kappa shape index (κ3) is 5.75. The molecule has 1 aromatic rings. The van der Waals surface area contributed by atoms with E-state index in [1.54, 1.807) is 11.3 Å². The Bertz CT molecular complexity index is 456. The molecule has 1 aromatic heterocycles. The van der Waals surface area contributed by atoms with Crippen molar-refractivity contribution >= 4 is 41.3 Å². The lowest BCUT2D eigenvalue weighted by Crippen LogP contribution is -2.45. The number of nitrogens with one attached hydrogen (secondary N) is 2. The smallest absolute Gasteiger partial charge is 0.191 e. The maximum absolute atomic E-state index is 5.80. The molecule has 1 unspecified atom stereocenters. The van der Waals surface area contributed by atoms with Crippen molar-refractivity contribution in [3.8, 4) is 0 Å². The van der Waals surface area contributed by atoms with Gasteiger partial charge in [0.2, 0.25) is 0 Å². The number of ether oxygens (including phenoxy) is 1. The van der Waals surface area contributed by atoms with Gasteiger partial charge in [0.1, 0.15) is 0 Å². The molecule has 0 aromatic carbocycles. The summed E-state index contributed by atoms with van der Waals surface area (Å²) in [5, 5.41) is 8.82. The largest absolute Gasteiger partial charge is 0.373 e. The van der Waals surface area contributed by atoms with E-state index in [0.717, 1.165) is 45.0 Å². The van der Waals surface area contributed by atoms with Gasteiger partial charge in [0, 0.05) is 24.6 Å². The summed E-state index contributed by atoms with van der Waals surface area (Å²) < 4.78 is 5.80. The summed E-state index contributed by atoms with van der Waals surface area (Å²) in [6.45, 7) is 9.67. The molecule has 0 aliphatic carbocycles. The summed E-state index contributed by atoms with van der Waals surface area (Å²) in [5.74, 6) is 0.872. The molecule has 6 heteroatoms. The Hall–Kier alpha value is -0.340. The highest BCUT2D eigenvalue weighted by atomic mass is 127.